The lowest BCUT2D eigenvalue weighted by Gasteiger charge is -2.10. The van der Waals surface area contributed by atoms with Gasteiger partial charge in [0.25, 0.3) is 5.91 Å². The van der Waals surface area contributed by atoms with Crippen molar-refractivity contribution < 1.29 is 27.5 Å². The molecule has 2 aromatic heterocycles. The average Bonchev–Trinajstić information content (AvgIpc) is 3.06. The Morgan fingerprint density at radius 3 is 2.45 bits per heavy atom. The first-order valence-corrected chi connectivity index (χ1v) is 8.29. The minimum atomic E-state index is -4.51. The average molecular weight is 404 g/mol. The summed E-state index contributed by atoms with van der Waals surface area (Å²) in [4.78, 5) is 28.0. The molecular weight excluding hydrogens is 389 g/mol. The van der Waals surface area contributed by atoms with Crippen LogP contribution in [0.1, 0.15) is 32.0 Å². The number of rotatable bonds is 4. The number of hydrogen-bond acceptors (Lipinski definition) is 5. The minimum Gasteiger partial charge on any atom is -0.465 e. The maximum atomic E-state index is 12.7. The third-order valence-corrected chi connectivity index (χ3v) is 3.91. The number of nitrogens with zero attached hydrogens (tertiary/aromatic N) is 3. The van der Waals surface area contributed by atoms with Crippen molar-refractivity contribution in [1.29, 1.82) is 0 Å². The lowest BCUT2D eigenvalue weighted by molar-refractivity contribution is -0.137. The molecular formula is C19H15F3N4O3. The van der Waals surface area contributed by atoms with Crippen LogP contribution in [-0.4, -0.2) is 33.8 Å². The van der Waals surface area contributed by atoms with Gasteiger partial charge in [-0.25, -0.2) is 9.78 Å². The Bertz CT molecular complexity index is 1060. The molecule has 0 fully saturated rings. The number of alkyl halides is 3. The summed E-state index contributed by atoms with van der Waals surface area (Å²) in [5.41, 5.74) is 0.0218. The van der Waals surface area contributed by atoms with Crippen molar-refractivity contribution in [2.75, 3.05) is 12.4 Å². The Morgan fingerprint density at radius 2 is 1.83 bits per heavy atom. The van der Waals surface area contributed by atoms with E-state index in [-0.39, 0.29) is 22.8 Å². The van der Waals surface area contributed by atoms with Gasteiger partial charge in [-0.15, -0.1) is 0 Å². The number of ether oxygens (including phenoxy) is 1. The maximum Gasteiger partial charge on any atom is 0.417 e. The van der Waals surface area contributed by atoms with Crippen molar-refractivity contribution in [3.63, 3.8) is 0 Å². The van der Waals surface area contributed by atoms with Crippen LogP contribution in [0.4, 0.5) is 19.0 Å². The summed E-state index contributed by atoms with van der Waals surface area (Å²) >= 11 is 0. The van der Waals surface area contributed by atoms with Gasteiger partial charge in [-0.05, 0) is 37.3 Å². The quantitative estimate of drug-likeness (QED) is 0.671. The van der Waals surface area contributed by atoms with E-state index in [2.05, 4.69) is 20.1 Å². The fourth-order valence-electron chi connectivity index (χ4n) is 2.54. The van der Waals surface area contributed by atoms with E-state index >= 15 is 0 Å². The first-order valence-electron chi connectivity index (χ1n) is 8.29. The number of nitrogens with one attached hydrogen (secondary N) is 1. The summed E-state index contributed by atoms with van der Waals surface area (Å²) in [5, 5.41) is 6.78. The van der Waals surface area contributed by atoms with Crippen molar-refractivity contribution in [3.05, 3.63) is 71.0 Å². The van der Waals surface area contributed by atoms with E-state index in [0.29, 0.717) is 11.9 Å². The number of carbonyl (C=O) groups is 2. The van der Waals surface area contributed by atoms with Crippen LogP contribution in [0.15, 0.2) is 48.7 Å². The summed E-state index contributed by atoms with van der Waals surface area (Å²) < 4.78 is 44.0. The van der Waals surface area contributed by atoms with E-state index in [1.807, 2.05) is 0 Å². The Labute approximate surface area is 163 Å². The van der Waals surface area contributed by atoms with E-state index in [1.165, 1.54) is 36.1 Å². The zero-order valence-electron chi connectivity index (χ0n) is 15.3. The molecule has 1 aromatic carbocycles. The number of hydrogen-bond donors (Lipinski definition) is 1. The van der Waals surface area contributed by atoms with Gasteiger partial charge in [-0.1, -0.05) is 6.07 Å². The van der Waals surface area contributed by atoms with Crippen LogP contribution in [0, 0.1) is 6.92 Å². The van der Waals surface area contributed by atoms with Gasteiger partial charge in [-0.3, -0.25) is 4.79 Å². The molecule has 1 N–H and O–H groups in total. The molecule has 0 radical (unpaired) electrons. The van der Waals surface area contributed by atoms with Gasteiger partial charge < -0.3 is 10.1 Å². The normalized spacial score (nSPS) is 11.2. The standard InChI is InChI=1S/C19H15F3N4O3/c1-11-8-16(24-17(27)12-4-3-5-13(9-12)18(28)29-2)26(25-11)15-7-6-14(10-23-15)19(20,21)22/h3-10H,1-2H3,(H,24,27). The Kier molecular flexibility index (Phi) is 5.35. The molecule has 2 heterocycles. The van der Waals surface area contributed by atoms with Crippen molar-refractivity contribution in [3.8, 4) is 5.82 Å². The Morgan fingerprint density at radius 1 is 1.10 bits per heavy atom. The molecule has 0 atom stereocenters. The highest BCUT2D eigenvalue weighted by Gasteiger charge is 2.30. The zero-order valence-corrected chi connectivity index (χ0v) is 15.3. The molecule has 1 amide bonds. The number of anilines is 1. The van der Waals surface area contributed by atoms with Crippen molar-refractivity contribution in [2.45, 2.75) is 13.1 Å². The van der Waals surface area contributed by atoms with Crippen LogP contribution in [-0.2, 0) is 10.9 Å². The predicted octanol–water partition coefficient (Wildman–Crippen LogP) is 3.63. The number of amides is 1. The molecule has 3 rings (SSSR count). The molecule has 0 aliphatic rings. The molecule has 0 spiro atoms. The summed E-state index contributed by atoms with van der Waals surface area (Å²) in [7, 11) is 1.23. The number of methoxy groups -OCH3 is 1. The molecule has 0 aliphatic carbocycles. The van der Waals surface area contributed by atoms with Crippen LogP contribution in [0.2, 0.25) is 0 Å². The van der Waals surface area contributed by atoms with Crippen molar-refractivity contribution in [1.82, 2.24) is 14.8 Å². The second-order valence-corrected chi connectivity index (χ2v) is 6.01. The Hall–Kier alpha value is -3.69. The topological polar surface area (TPSA) is 86.1 Å². The summed E-state index contributed by atoms with van der Waals surface area (Å²) in [6.07, 6.45) is -3.81. The highest BCUT2D eigenvalue weighted by molar-refractivity contribution is 6.05. The number of carbonyl (C=O) groups excluding carboxylic acids is 2. The molecule has 10 heteroatoms. The lowest BCUT2D eigenvalue weighted by atomic mass is 10.1. The predicted molar refractivity (Wildman–Crippen MR) is 96.8 cm³/mol. The number of benzene rings is 1. The molecule has 3 aromatic rings. The van der Waals surface area contributed by atoms with E-state index in [0.717, 1.165) is 12.1 Å². The third-order valence-electron chi connectivity index (χ3n) is 3.91. The van der Waals surface area contributed by atoms with Gasteiger partial charge in [0.05, 0.1) is 23.9 Å². The van der Waals surface area contributed by atoms with Crippen LogP contribution in [0.5, 0.6) is 0 Å². The molecule has 0 saturated carbocycles. The number of aryl methyl sites for hydroxylation is 1. The van der Waals surface area contributed by atoms with E-state index in [9.17, 15) is 22.8 Å². The second-order valence-electron chi connectivity index (χ2n) is 6.01. The van der Waals surface area contributed by atoms with Gasteiger partial charge in [0.2, 0.25) is 0 Å². The monoisotopic (exact) mass is 404 g/mol. The van der Waals surface area contributed by atoms with E-state index in [4.69, 9.17) is 0 Å². The first-order chi connectivity index (χ1) is 13.7. The summed E-state index contributed by atoms with van der Waals surface area (Å²) in [6, 6.07) is 9.48. The zero-order chi connectivity index (χ0) is 21.2. The molecule has 29 heavy (non-hydrogen) atoms. The highest BCUT2D eigenvalue weighted by atomic mass is 19.4. The van der Waals surface area contributed by atoms with Gasteiger partial charge in [-0.2, -0.15) is 23.0 Å². The van der Waals surface area contributed by atoms with Crippen LogP contribution >= 0.6 is 0 Å². The van der Waals surface area contributed by atoms with E-state index < -0.39 is 23.6 Å². The van der Waals surface area contributed by atoms with Crippen molar-refractivity contribution in [2.24, 2.45) is 0 Å². The second kappa shape index (κ2) is 7.74. The molecule has 0 bridgehead atoms. The SMILES string of the molecule is COC(=O)c1cccc(C(=O)Nc2cc(C)nn2-c2ccc(C(F)(F)F)cn2)c1. The van der Waals surface area contributed by atoms with Crippen molar-refractivity contribution >= 4 is 17.7 Å². The van der Waals surface area contributed by atoms with Gasteiger partial charge >= 0.3 is 12.1 Å². The summed E-state index contributed by atoms with van der Waals surface area (Å²) in [6.45, 7) is 1.66. The fourth-order valence-corrected chi connectivity index (χ4v) is 2.54. The Balaban J connectivity index is 1.88. The van der Waals surface area contributed by atoms with Crippen LogP contribution in [0.3, 0.4) is 0 Å². The third kappa shape index (κ3) is 4.42. The fraction of sp³-hybridized carbons (Fsp3) is 0.158. The van der Waals surface area contributed by atoms with Gasteiger partial charge in [0, 0.05) is 17.8 Å². The van der Waals surface area contributed by atoms with Gasteiger partial charge in [0.1, 0.15) is 5.82 Å². The molecule has 0 aliphatic heterocycles. The molecule has 0 unspecified atom stereocenters. The smallest absolute Gasteiger partial charge is 0.417 e. The number of esters is 1. The number of halogens is 3. The van der Waals surface area contributed by atoms with Gasteiger partial charge in [0.15, 0.2) is 5.82 Å². The maximum absolute atomic E-state index is 12.7. The first kappa shape index (κ1) is 20.1. The largest absolute Gasteiger partial charge is 0.465 e. The lowest BCUT2D eigenvalue weighted by Crippen LogP contribution is -2.16. The molecule has 150 valence electrons. The highest BCUT2D eigenvalue weighted by Crippen LogP contribution is 2.29. The molecule has 0 saturated heterocycles. The van der Waals surface area contributed by atoms with Crippen LogP contribution < -0.4 is 5.32 Å². The molecule has 7 nitrogen and oxygen atoms in total. The number of pyridine rings is 1. The summed E-state index contributed by atoms with van der Waals surface area (Å²) in [5.74, 6) is -0.814. The minimum absolute atomic E-state index is 0.102. The van der Waals surface area contributed by atoms with E-state index in [1.54, 1.807) is 13.0 Å². The van der Waals surface area contributed by atoms with Crippen LogP contribution in [0.25, 0.3) is 5.82 Å². The number of aromatic nitrogens is 3.